The lowest BCUT2D eigenvalue weighted by molar-refractivity contribution is -0.137. The summed E-state index contributed by atoms with van der Waals surface area (Å²) in [6.45, 7) is 3.60. The third-order valence-corrected chi connectivity index (χ3v) is 2.10. The van der Waals surface area contributed by atoms with Crippen molar-refractivity contribution in [2.45, 2.75) is 6.42 Å². The highest BCUT2D eigenvalue weighted by Crippen LogP contribution is 2.21. The van der Waals surface area contributed by atoms with Gasteiger partial charge in [-0.05, 0) is 6.08 Å². The number of likely N-dealkylation sites (N-methyl/N-ethyl adjacent to an activating group) is 1. The van der Waals surface area contributed by atoms with Crippen LogP contribution in [-0.2, 0) is 14.3 Å². The summed E-state index contributed by atoms with van der Waals surface area (Å²) in [5, 5.41) is 2.81. The summed E-state index contributed by atoms with van der Waals surface area (Å²) in [5.74, 6) is 1.33. The minimum atomic E-state index is -0.479. The van der Waals surface area contributed by atoms with Gasteiger partial charge in [0.15, 0.2) is 0 Å². The first-order chi connectivity index (χ1) is 7.74. The SMILES string of the molecule is C=CCOC(=O)C1=C(NC)C(=C=O)CC=C1. The standard InChI is InChI=1S/C12H13NO3/c1-3-7-16-12(15)10-6-4-5-9(8-14)11(10)13-2/h3-4,6,13H,1,5,7H2,2H3. The molecule has 1 aliphatic carbocycles. The Hall–Kier alpha value is -2.06. The molecule has 4 nitrogen and oxygen atoms in total. The maximum Gasteiger partial charge on any atom is 0.340 e. The van der Waals surface area contributed by atoms with Crippen LogP contribution in [0.15, 0.2) is 41.7 Å². The molecule has 0 unspecified atom stereocenters. The average molecular weight is 219 g/mol. The lowest BCUT2D eigenvalue weighted by Gasteiger charge is -2.15. The average Bonchev–Trinajstić information content (AvgIpc) is 2.34. The number of hydrogen-bond donors (Lipinski definition) is 1. The molecule has 0 bridgehead atoms. The van der Waals surface area contributed by atoms with Crippen molar-refractivity contribution in [3.63, 3.8) is 0 Å². The summed E-state index contributed by atoms with van der Waals surface area (Å²) in [6.07, 6.45) is 5.32. The van der Waals surface area contributed by atoms with Crippen molar-refractivity contribution >= 4 is 11.9 Å². The van der Waals surface area contributed by atoms with Gasteiger partial charge in [0.1, 0.15) is 12.5 Å². The predicted molar refractivity (Wildman–Crippen MR) is 60.2 cm³/mol. The number of carbonyl (C=O) groups is 1. The summed E-state index contributed by atoms with van der Waals surface area (Å²) in [6, 6.07) is 0. The Morgan fingerprint density at radius 1 is 1.75 bits per heavy atom. The quantitative estimate of drug-likeness (QED) is 0.434. The lowest BCUT2D eigenvalue weighted by atomic mass is 9.99. The molecular weight excluding hydrogens is 206 g/mol. The molecule has 0 aromatic heterocycles. The zero-order valence-electron chi connectivity index (χ0n) is 9.08. The molecule has 84 valence electrons. The van der Waals surface area contributed by atoms with E-state index in [0.717, 1.165) is 0 Å². The Morgan fingerprint density at radius 2 is 2.50 bits per heavy atom. The van der Waals surface area contributed by atoms with Crippen LogP contribution in [0.2, 0.25) is 0 Å². The lowest BCUT2D eigenvalue weighted by Crippen LogP contribution is -2.19. The molecule has 1 N–H and O–H groups in total. The minimum Gasteiger partial charge on any atom is -0.458 e. The first kappa shape index (κ1) is 12.0. The fourth-order valence-electron chi connectivity index (χ4n) is 1.40. The van der Waals surface area contributed by atoms with Gasteiger partial charge in [0, 0.05) is 13.5 Å². The van der Waals surface area contributed by atoms with E-state index < -0.39 is 5.97 Å². The van der Waals surface area contributed by atoms with Crippen molar-refractivity contribution in [1.82, 2.24) is 5.32 Å². The normalized spacial score (nSPS) is 14.4. The van der Waals surface area contributed by atoms with Gasteiger partial charge < -0.3 is 10.1 Å². The highest BCUT2D eigenvalue weighted by atomic mass is 16.5. The molecule has 0 saturated heterocycles. The number of nitrogens with one attached hydrogen (secondary N) is 1. The number of allylic oxidation sites excluding steroid dienone is 2. The van der Waals surface area contributed by atoms with Gasteiger partial charge in [0.25, 0.3) is 0 Å². The molecule has 4 heteroatoms. The third-order valence-electron chi connectivity index (χ3n) is 2.10. The second-order valence-corrected chi connectivity index (χ2v) is 3.11. The van der Waals surface area contributed by atoms with Crippen molar-refractivity contribution < 1.29 is 14.3 Å². The van der Waals surface area contributed by atoms with Crippen LogP contribution in [0, 0.1) is 0 Å². The van der Waals surface area contributed by atoms with Gasteiger partial charge >= 0.3 is 5.97 Å². The maximum atomic E-state index is 11.6. The molecule has 1 aliphatic rings. The van der Waals surface area contributed by atoms with E-state index in [2.05, 4.69) is 11.9 Å². The molecule has 0 saturated carbocycles. The topological polar surface area (TPSA) is 55.4 Å². The summed E-state index contributed by atoms with van der Waals surface area (Å²) in [5.41, 5.74) is 1.25. The minimum absolute atomic E-state index is 0.146. The van der Waals surface area contributed by atoms with Crippen LogP contribution in [0.4, 0.5) is 0 Å². The number of rotatable bonds is 4. The highest BCUT2D eigenvalue weighted by Gasteiger charge is 2.19. The molecule has 0 radical (unpaired) electrons. The molecule has 0 fully saturated rings. The molecule has 0 aromatic rings. The fraction of sp³-hybridized carbons (Fsp3) is 0.250. The van der Waals surface area contributed by atoms with Gasteiger partial charge in [0.05, 0.1) is 16.8 Å². The largest absolute Gasteiger partial charge is 0.458 e. The molecule has 0 aliphatic heterocycles. The van der Waals surface area contributed by atoms with Crippen molar-refractivity contribution in [2.75, 3.05) is 13.7 Å². The van der Waals surface area contributed by atoms with Gasteiger partial charge in [-0.3, -0.25) is 0 Å². The van der Waals surface area contributed by atoms with E-state index >= 15 is 0 Å². The Bertz CT molecular complexity index is 412. The molecular formula is C12H13NO3. The van der Waals surface area contributed by atoms with Gasteiger partial charge in [0.2, 0.25) is 0 Å². The molecule has 1 rings (SSSR count). The van der Waals surface area contributed by atoms with Gasteiger partial charge in [-0.2, -0.15) is 0 Å². The van der Waals surface area contributed by atoms with Crippen LogP contribution >= 0.6 is 0 Å². The monoisotopic (exact) mass is 219 g/mol. The van der Waals surface area contributed by atoms with Crippen LogP contribution in [0.25, 0.3) is 0 Å². The van der Waals surface area contributed by atoms with E-state index in [1.807, 2.05) is 5.94 Å². The molecule has 0 amide bonds. The first-order valence-electron chi connectivity index (χ1n) is 4.85. The Balaban J connectivity index is 3.02. The van der Waals surface area contributed by atoms with Crippen LogP contribution in [0.5, 0.6) is 0 Å². The number of carbonyl (C=O) groups excluding carboxylic acids is 2. The maximum absolute atomic E-state index is 11.6. The fourth-order valence-corrected chi connectivity index (χ4v) is 1.40. The van der Waals surface area contributed by atoms with Gasteiger partial charge in [-0.25, -0.2) is 9.59 Å². The number of ether oxygens (including phenoxy) is 1. The first-order valence-corrected chi connectivity index (χ1v) is 4.85. The van der Waals surface area contributed by atoms with E-state index in [1.165, 1.54) is 6.08 Å². The Kier molecular flexibility index (Phi) is 4.30. The predicted octanol–water partition coefficient (Wildman–Crippen LogP) is 0.907. The Labute approximate surface area is 94.0 Å². The van der Waals surface area contributed by atoms with E-state index in [0.29, 0.717) is 23.3 Å². The van der Waals surface area contributed by atoms with E-state index in [1.54, 1.807) is 19.2 Å². The smallest absolute Gasteiger partial charge is 0.340 e. The number of hydrogen-bond acceptors (Lipinski definition) is 4. The zero-order valence-corrected chi connectivity index (χ0v) is 9.08. The number of esters is 1. The molecule has 0 spiro atoms. The summed E-state index contributed by atoms with van der Waals surface area (Å²) >= 11 is 0. The van der Waals surface area contributed by atoms with Crippen LogP contribution in [0.1, 0.15) is 6.42 Å². The van der Waals surface area contributed by atoms with E-state index in [-0.39, 0.29) is 6.61 Å². The Morgan fingerprint density at radius 3 is 3.06 bits per heavy atom. The molecule has 0 aromatic carbocycles. The van der Waals surface area contributed by atoms with E-state index in [9.17, 15) is 9.59 Å². The second-order valence-electron chi connectivity index (χ2n) is 3.11. The van der Waals surface area contributed by atoms with Crippen LogP contribution in [0.3, 0.4) is 0 Å². The van der Waals surface area contributed by atoms with Crippen molar-refractivity contribution in [1.29, 1.82) is 0 Å². The highest BCUT2D eigenvalue weighted by molar-refractivity contribution is 5.94. The third kappa shape index (κ3) is 2.49. The second kappa shape index (κ2) is 5.73. The van der Waals surface area contributed by atoms with Crippen molar-refractivity contribution in [3.8, 4) is 0 Å². The molecule has 0 atom stereocenters. The van der Waals surface area contributed by atoms with Crippen molar-refractivity contribution in [2.24, 2.45) is 0 Å². The molecule has 0 heterocycles. The van der Waals surface area contributed by atoms with Crippen LogP contribution < -0.4 is 5.32 Å². The molecule has 16 heavy (non-hydrogen) atoms. The summed E-state index contributed by atoms with van der Waals surface area (Å²) in [7, 11) is 1.65. The zero-order chi connectivity index (χ0) is 12.0. The van der Waals surface area contributed by atoms with Gasteiger partial charge in [-0.15, -0.1) is 0 Å². The van der Waals surface area contributed by atoms with Gasteiger partial charge in [-0.1, -0.05) is 18.7 Å². The van der Waals surface area contributed by atoms with E-state index in [4.69, 9.17) is 4.74 Å². The van der Waals surface area contributed by atoms with Crippen molar-refractivity contribution in [3.05, 3.63) is 41.7 Å². The summed E-state index contributed by atoms with van der Waals surface area (Å²) in [4.78, 5) is 22.3. The summed E-state index contributed by atoms with van der Waals surface area (Å²) < 4.78 is 4.91. The van der Waals surface area contributed by atoms with Crippen LogP contribution in [-0.4, -0.2) is 25.6 Å².